The van der Waals surface area contributed by atoms with Crippen molar-refractivity contribution in [1.29, 1.82) is 0 Å². The van der Waals surface area contributed by atoms with Crippen molar-refractivity contribution in [2.24, 2.45) is 5.92 Å². The third-order valence-electron chi connectivity index (χ3n) is 4.86. The van der Waals surface area contributed by atoms with Crippen LogP contribution in [0.4, 0.5) is 5.82 Å². The molecule has 0 bridgehead atoms. The zero-order valence-electron chi connectivity index (χ0n) is 13.9. The third-order valence-corrected chi connectivity index (χ3v) is 6.06. The van der Waals surface area contributed by atoms with E-state index in [0.29, 0.717) is 0 Å². The molecule has 0 radical (unpaired) electrons. The summed E-state index contributed by atoms with van der Waals surface area (Å²) in [5.41, 5.74) is 1.51. The molecule has 0 spiro atoms. The van der Waals surface area contributed by atoms with Crippen LogP contribution in [0.3, 0.4) is 0 Å². The Hall–Kier alpha value is -1.20. The van der Waals surface area contributed by atoms with Gasteiger partial charge in [0.25, 0.3) is 0 Å². The molecule has 0 aliphatic heterocycles. The van der Waals surface area contributed by atoms with Gasteiger partial charge >= 0.3 is 0 Å². The number of rotatable bonds is 6. The van der Waals surface area contributed by atoms with Crippen molar-refractivity contribution in [3.8, 4) is 0 Å². The number of hydrogen-bond acceptors (Lipinski definition) is 4. The average molecular weight is 319 g/mol. The Labute approximate surface area is 137 Å². The molecule has 0 fully saturated rings. The summed E-state index contributed by atoms with van der Waals surface area (Å²) < 4.78 is 0. The first-order chi connectivity index (χ1) is 10.7. The van der Waals surface area contributed by atoms with E-state index in [1.807, 2.05) is 11.3 Å². The largest absolute Gasteiger partial charge is 0.364 e. The van der Waals surface area contributed by atoms with Gasteiger partial charge in [0, 0.05) is 4.88 Å². The van der Waals surface area contributed by atoms with Crippen LogP contribution in [0, 0.1) is 5.92 Å². The van der Waals surface area contributed by atoms with Crippen LogP contribution in [0.15, 0.2) is 6.33 Å². The minimum Gasteiger partial charge on any atom is -0.364 e. The van der Waals surface area contributed by atoms with Gasteiger partial charge in [0.1, 0.15) is 17.0 Å². The Bertz CT molecular complexity index is 633. The van der Waals surface area contributed by atoms with Crippen molar-refractivity contribution in [2.75, 3.05) is 31.5 Å². The molecular weight excluding hydrogens is 292 g/mol. The molecule has 120 valence electrons. The summed E-state index contributed by atoms with van der Waals surface area (Å²) in [5.74, 6) is 1.82. The second kappa shape index (κ2) is 6.92. The zero-order chi connectivity index (χ0) is 15.5. The lowest BCUT2D eigenvalue weighted by molar-refractivity contribution is -0.894. The SMILES string of the molecule is CC[NH+](CC)CCNc1ncnc2sc3c(c12)CC(C)CC3. The molecule has 4 nitrogen and oxygen atoms in total. The number of anilines is 1. The summed E-state index contributed by atoms with van der Waals surface area (Å²) in [4.78, 5) is 13.4. The second-order valence-corrected chi connectivity index (χ2v) is 7.47. The van der Waals surface area contributed by atoms with Crippen molar-refractivity contribution in [3.63, 3.8) is 0 Å². The zero-order valence-corrected chi connectivity index (χ0v) is 14.7. The van der Waals surface area contributed by atoms with Crippen LogP contribution in [0.25, 0.3) is 10.2 Å². The molecule has 1 aliphatic rings. The summed E-state index contributed by atoms with van der Waals surface area (Å²) >= 11 is 1.87. The Balaban J connectivity index is 1.82. The van der Waals surface area contributed by atoms with Gasteiger partial charge in [-0.1, -0.05) is 6.92 Å². The molecular formula is C17H27N4S+. The number of quaternary nitrogens is 1. The van der Waals surface area contributed by atoms with E-state index in [1.54, 1.807) is 11.2 Å². The van der Waals surface area contributed by atoms with Crippen LogP contribution in [-0.4, -0.2) is 36.1 Å². The summed E-state index contributed by atoms with van der Waals surface area (Å²) in [6, 6.07) is 0. The van der Waals surface area contributed by atoms with Crippen molar-refractivity contribution < 1.29 is 4.90 Å². The number of likely N-dealkylation sites (N-methyl/N-ethyl adjacent to an activating group) is 1. The monoisotopic (exact) mass is 319 g/mol. The number of hydrogen-bond donors (Lipinski definition) is 2. The van der Waals surface area contributed by atoms with Gasteiger partial charge in [-0.25, -0.2) is 9.97 Å². The van der Waals surface area contributed by atoms with Crippen molar-refractivity contribution in [1.82, 2.24) is 9.97 Å². The molecule has 1 aliphatic carbocycles. The lowest BCUT2D eigenvalue weighted by Gasteiger charge is -2.19. The van der Waals surface area contributed by atoms with Gasteiger partial charge < -0.3 is 10.2 Å². The number of aryl methyl sites for hydroxylation is 1. The Morgan fingerprint density at radius 1 is 1.32 bits per heavy atom. The van der Waals surface area contributed by atoms with Crippen LogP contribution in [0.1, 0.15) is 37.6 Å². The first-order valence-electron chi connectivity index (χ1n) is 8.55. The molecule has 2 heterocycles. The average Bonchev–Trinajstić information content (AvgIpc) is 2.90. The van der Waals surface area contributed by atoms with E-state index >= 15 is 0 Å². The van der Waals surface area contributed by atoms with E-state index in [0.717, 1.165) is 29.7 Å². The molecule has 3 rings (SSSR count). The quantitative estimate of drug-likeness (QED) is 0.857. The number of aromatic nitrogens is 2. The fourth-order valence-corrected chi connectivity index (χ4v) is 4.56. The molecule has 1 unspecified atom stereocenters. The van der Waals surface area contributed by atoms with Crippen LogP contribution < -0.4 is 10.2 Å². The minimum absolute atomic E-state index is 0.776. The maximum atomic E-state index is 4.54. The van der Waals surface area contributed by atoms with Crippen molar-refractivity contribution >= 4 is 27.4 Å². The normalized spacial score (nSPS) is 17.9. The Morgan fingerprint density at radius 2 is 2.14 bits per heavy atom. The van der Waals surface area contributed by atoms with Crippen molar-refractivity contribution in [2.45, 2.75) is 40.0 Å². The number of nitrogens with zero attached hydrogens (tertiary/aromatic N) is 2. The van der Waals surface area contributed by atoms with Crippen LogP contribution >= 0.6 is 11.3 Å². The standard InChI is InChI=1S/C17H26N4S/c1-4-21(5-2)9-8-18-16-15-13-10-12(3)6-7-14(13)22-17(15)20-11-19-16/h11-12H,4-10H2,1-3H3,(H,18,19,20)/p+1. The minimum atomic E-state index is 0.776. The van der Waals surface area contributed by atoms with Gasteiger partial charge in [-0.15, -0.1) is 11.3 Å². The molecule has 0 aromatic carbocycles. The molecule has 22 heavy (non-hydrogen) atoms. The summed E-state index contributed by atoms with van der Waals surface area (Å²) in [7, 11) is 0. The number of fused-ring (bicyclic) bond motifs is 3. The highest BCUT2D eigenvalue weighted by Gasteiger charge is 2.23. The van der Waals surface area contributed by atoms with E-state index in [2.05, 4.69) is 36.1 Å². The van der Waals surface area contributed by atoms with Gasteiger partial charge in [0.2, 0.25) is 0 Å². The first-order valence-corrected chi connectivity index (χ1v) is 9.37. The highest BCUT2D eigenvalue weighted by Crippen LogP contribution is 2.39. The Morgan fingerprint density at radius 3 is 2.91 bits per heavy atom. The lowest BCUT2D eigenvalue weighted by Crippen LogP contribution is -3.12. The smallest absolute Gasteiger partial charge is 0.138 e. The van der Waals surface area contributed by atoms with E-state index < -0.39 is 0 Å². The molecule has 0 amide bonds. The predicted molar refractivity (Wildman–Crippen MR) is 94.0 cm³/mol. The molecule has 0 saturated carbocycles. The summed E-state index contributed by atoms with van der Waals surface area (Å²) in [6.07, 6.45) is 5.40. The molecule has 2 N–H and O–H groups in total. The van der Waals surface area contributed by atoms with E-state index in [9.17, 15) is 0 Å². The Kier molecular flexibility index (Phi) is 4.93. The van der Waals surface area contributed by atoms with Gasteiger partial charge in [0.05, 0.1) is 31.6 Å². The summed E-state index contributed by atoms with van der Waals surface area (Å²) in [6.45, 7) is 11.3. The topological polar surface area (TPSA) is 42.2 Å². The third kappa shape index (κ3) is 3.10. The van der Waals surface area contributed by atoms with Gasteiger partial charge in [-0.05, 0) is 44.6 Å². The van der Waals surface area contributed by atoms with Crippen molar-refractivity contribution in [3.05, 3.63) is 16.8 Å². The molecule has 2 aromatic rings. The highest BCUT2D eigenvalue weighted by molar-refractivity contribution is 7.19. The van der Waals surface area contributed by atoms with Crippen LogP contribution in [-0.2, 0) is 12.8 Å². The highest BCUT2D eigenvalue weighted by atomic mass is 32.1. The second-order valence-electron chi connectivity index (χ2n) is 6.39. The number of thiophene rings is 1. The predicted octanol–water partition coefficient (Wildman–Crippen LogP) is 2.15. The maximum absolute atomic E-state index is 4.54. The van der Waals surface area contributed by atoms with Crippen LogP contribution in [0.5, 0.6) is 0 Å². The molecule has 5 heteroatoms. The number of nitrogens with one attached hydrogen (secondary N) is 2. The van der Waals surface area contributed by atoms with Crippen LogP contribution in [0.2, 0.25) is 0 Å². The lowest BCUT2D eigenvalue weighted by atomic mass is 9.88. The van der Waals surface area contributed by atoms with E-state index in [1.165, 1.54) is 48.2 Å². The molecule has 2 aromatic heterocycles. The van der Waals surface area contributed by atoms with E-state index in [4.69, 9.17) is 0 Å². The maximum Gasteiger partial charge on any atom is 0.138 e. The first kappa shape index (κ1) is 15.7. The fraction of sp³-hybridized carbons (Fsp3) is 0.647. The van der Waals surface area contributed by atoms with Gasteiger partial charge in [-0.2, -0.15) is 0 Å². The van der Waals surface area contributed by atoms with Gasteiger partial charge in [0.15, 0.2) is 0 Å². The van der Waals surface area contributed by atoms with E-state index in [-0.39, 0.29) is 0 Å². The fourth-order valence-electron chi connectivity index (χ4n) is 3.38. The molecule has 1 atom stereocenters. The van der Waals surface area contributed by atoms with Gasteiger partial charge in [-0.3, -0.25) is 0 Å². The summed E-state index contributed by atoms with van der Waals surface area (Å²) in [5, 5.41) is 4.87. The molecule has 0 saturated heterocycles.